The van der Waals surface area contributed by atoms with Crippen LogP contribution >= 0.6 is 11.6 Å². The van der Waals surface area contributed by atoms with Crippen LogP contribution in [0.15, 0.2) is 35.1 Å². The predicted octanol–water partition coefficient (Wildman–Crippen LogP) is 2.61. The number of carbonyl (C=O) groups is 1. The maximum atomic E-state index is 12.5. The molecule has 1 aliphatic rings. The zero-order valence-corrected chi connectivity index (χ0v) is 15.4. The number of carbonyl (C=O) groups excluding carboxylic acids is 1. The van der Waals surface area contributed by atoms with Gasteiger partial charge in [0.15, 0.2) is 11.5 Å². The molecule has 1 aliphatic heterocycles. The summed E-state index contributed by atoms with van der Waals surface area (Å²) >= 11 is 5.91. The van der Waals surface area contributed by atoms with Gasteiger partial charge in [-0.15, -0.1) is 0 Å². The lowest BCUT2D eigenvalue weighted by molar-refractivity contribution is -0.385. The minimum absolute atomic E-state index is 0.0679. The highest BCUT2D eigenvalue weighted by atomic mass is 35.5. The SMILES string of the molecule is O=C(OCc1nc2cc(Cl)ccc2c(=O)[nH]1)c1cc2c(cc1[N+](=O)[O-])OCCO2. The van der Waals surface area contributed by atoms with E-state index in [1.165, 1.54) is 18.2 Å². The van der Waals surface area contributed by atoms with Gasteiger partial charge in [0.25, 0.3) is 11.2 Å². The van der Waals surface area contributed by atoms with Crippen molar-refractivity contribution in [1.29, 1.82) is 0 Å². The minimum Gasteiger partial charge on any atom is -0.486 e. The quantitative estimate of drug-likeness (QED) is 0.389. The average molecular weight is 418 g/mol. The van der Waals surface area contributed by atoms with E-state index in [1.807, 2.05) is 0 Å². The standard InChI is InChI=1S/C18H12ClN3O7/c19-9-1-2-10-12(5-9)20-16(21-17(10)23)8-29-18(24)11-6-14-15(28-4-3-27-14)7-13(11)22(25)26/h1-2,5-7H,3-4,8H2,(H,20,21,23). The summed E-state index contributed by atoms with van der Waals surface area (Å²) in [4.78, 5) is 41.9. The van der Waals surface area contributed by atoms with Crippen LogP contribution in [0.2, 0.25) is 5.02 Å². The van der Waals surface area contributed by atoms with Crippen LogP contribution in [-0.2, 0) is 11.3 Å². The molecule has 0 spiro atoms. The first-order valence-corrected chi connectivity index (χ1v) is 8.74. The van der Waals surface area contributed by atoms with E-state index in [0.717, 1.165) is 6.07 Å². The van der Waals surface area contributed by atoms with Crippen LogP contribution in [0, 0.1) is 10.1 Å². The van der Waals surface area contributed by atoms with E-state index in [2.05, 4.69) is 9.97 Å². The lowest BCUT2D eigenvalue weighted by atomic mass is 10.1. The second kappa shape index (κ2) is 7.40. The number of nitrogens with zero attached hydrogens (tertiary/aromatic N) is 2. The number of nitro groups is 1. The Kier molecular flexibility index (Phi) is 4.77. The molecule has 4 rings (SSSR count). The topological polar surface area (TPSA) is 134 Å². The molecule has 0 saturated carbocycles. The van der Waals surface area contributed by atoms with Gasteiger partial charge in [-0.3, -0.25) is 14.9 Å². The number of aromatic amines is 1. The Balaban J connectivity index is 1.61. The van der Waals surface area contributed by atoms with Crippen LogP contribution in [0.3, 0.4) is 0 Å². The van der Waals surface area contributed by atoms with Gasteiger partial charge >= 0.3 is 5.97 Å². The van der Waals surface area contributed by atoms with Crippen molar-refractivity contribution in [3.05, 3.63) is 67.2 Å². The van der Waals surface area contributed by atoms with Crippen molar-refractivity contribution in [3.8, 4) is 11.5 Å². The van der Waals surface area contributed by atoms with Crippen molar-refractivity contribution in [2.24, 2.45) is 0 Å². The van der Waals surface area contributed by atoms with Crippen LogP contribution in [0.4, 0.5) is 5.69 Å². The Labute approximate surface area is 167 Å². The van der Waals surface area contributed by atoms with E-state index in [4.69, 9.17) is 25.8 Å². The molecule has 0 atom stereocenters. The van der Waals surface area contributed by atoms with Crippen LogP contribution in [0.1, 0.15) is 16.2 Å². The number of rotatable bonds is 4. The first-order chi connectivity index (χ1) is 13.9. The summed E-state index contributed by atoms with van der Waals surface area (Å²) in [6, 6.07) is 6.90. The number of ether oxygens (including phenoxy) is 3. The molecular formula is C18H12ClN3O7. The Hall–Kier alpha value is -3.66. The molecule has 11 heteroatoms. The van der Waals surface area contributed by atoms with Crippen molar-refractivity contribution >= 4 is 34.2 Å². The normalized spacial score (nSPS) is 12.6. The summed E-state index contributed by atoms with van der Waals surface area (Å²) in [5.74, 6) is -0.515. The number of fused-ring (bicyclic) bond motifs is 2. The van der Waals surface area contributed by atoms with Gasteiger partial charge < -0.3 is 19.2 Å². The zero-order valence-electron chi connectivity index (χ0n) is 14.6. The molecule has 3 aromatic rings. The Bertz CT molecular complexity index is 1210. The van der Waals surface area contributed by atoms with Crippen molar-refractivity contribution in [3.63, 3.8) is 0 Å². The number of nitrogens with one attached hydrogen (secondary N) is 1. The molecule has 0 radical (unpaired) electrons. The van der Waals surface area contributed by atoms with Crippen molar-refractivity contribution < 1.29 is 23.9 Å². The van der Waals surface area contributed by atoms with Crippen molar-refractivity contribution in [2.45, 2.75) is 6.61 Å². The molecule has 10 nitrogen and oxygen atoms in total. The van der Waals surface area contributed by atoms with Crippen LogP contribution in [0.5, 0.6) is 11.5 Å². The van der Waals surface area contributed by atoms with Crippen LogP contribution in [-0.4, -0.2) is 34.1 Å². The summed E-state index contributed by atoms with van der Waals surface area (Å²) in [5, 5.41) is 12.1. The van der Waals surface area contributed by atoms with E-state index in [0.29, 0.717) is 15.9 Å². The van der Waals surface area contributed by atoms with E-state index in [1.54, 1.807) is 6.07 Å². The summed E-state index contributed by atoms with van der Waals surface area (Å²) in [6.45, 7) is 0.102. The lowest BCUT2D eigenvalue weighted by Crippen LogP contribution is -2.18. The van der Waals surface area contributed by atoms with Gasteiger partial charge in [-0.1, -0.05) is 11.6 Å². The number of hydrogen-bond donors (Lipinski definition) is 1. The highest BCUT2D eigenvalue weighted by Gasteiger charge is 2.27. The van der Waals surface area contributed by atoms with Gasteiger partial charge in [-0.25, -0.2) is 9.78 Å². The molecule has 29 heavy (non-hydrogen) atoms. The van der Waals surface area contributed by atoms with Crippen molar-refractivity contribution in [2.75, 3.05) is 13.2 Å². The molecule has 148 valence electrons. The van der Waals surface area contributed by atoms with Gasteiger partial charge in [-0.2, -0.15) is 0 Å². The predicted molar refractivity (Wildman–Crippen MR) is 101 cm³/mol. The third kappa shape index (κ3) is 3.69. The Morgan fingerprint density at radius 3 is 2.69 bits per heavy atom. The smallest absolute Gasteiger partial charge is 0.345 e. The molecule has 0 aliphatic carbocycles. The monoisotopic (exact) mass is 417 g/mol. The number of H-pyrrole nitrogens is 1. The molecule has 0 unspecified atom stereocenters. The largest absolute Gasteiger partial charge is 0.486 e. The highest BCUT2D eigenvalue weighted by Crippen LogP contribution is 2.36. The fourth-order valence-electron chi connectivity index (χ4n) is 2.83. The minimum atomic E-state index is -0.970. The Morgan fingerprint density at radius 1 is 1.24 bits per heavy atom. The summed E-state index contributed by atoms with van der Waals surface area (Å²) < 4.78 is 15.8. The molecule has 1 aromatic heterocycles. The van der Waals surface area contributed by atoms with E-state index in [-0.39, 0.29) is 36.1 Å². The molecular weight excluding hydrogens is 406 g/mol. The molecule has 0 bridgehead atoms. The average Bonchev–Trinajstić information content (AvgIpc) is 2.70. The third-order valence-corrected chi connectivity index (χ3v) is 4.37. The first-order valence-electron chi connectivity index (χ1n) is 8.36. The second-order valence-corrected chi connectivity index (χ2v) is 6.46. The maximum absolute atomic E-state index is 12.5. The lowest BCUT2D eigenvalue weighted by Gasteiger charge is -2.18. The molecule has 1 N–H and O–H groups in total. The van der Waals surface area contributed by atoms with Gasteiger partial charge in [0.1, 0.15) is 31.2 Å². The summed E-state index contributed by atoms with van der Waals surface area (Å²) in [6.07, 6.45) is 0. The fourth-order valence-corrected chi connectivity index (χ4v) is 3.00. The highest BCUT2D eigenvalue weighted by molar-refractivity contribution is 6.31. The molecule has 0 fully saturated rings. The third-order valence-electron chi connectivity index (χ3n) is 4.13. The van der Waals surface area contributed by atoms with Gasteiger partial charge in [-0.05, 0) is 18.2 Å². The van der Waals surface area contributed by atoms with Crippen LogP contribution < -0.4 is 15.0 Å². The zero-order chi connectivity index (χ0) is 20.5. The Morgan fingerprint density at radius 2 is 1.97 bits per heavy atom. The van der Waals surface area contributed by atoms with E-state index in [9.17, 15) is 19.7 Å². The van der Waals surface area contributed by atoms with Crippen molar-refractivity contribution in [1.82, 2.24) is 9.97 Å². The van der Waals surface area contributed by atoms with E-state index < -0.39 is 28.7 Å². The molecule has 2 aromatic carbocycles. The van der Waals surface area contributed by atoms with Gasteiger partial charge in [0.05, 0.1) is 21.9 Å². The second-order valence-electron chi connectivity index (χ2n) is 6.02. The fraction of sp³-hybridized carbons (Fsp3) is 0.167. The first kappa shape index (κ1) is 18.7. The van der Waals surface area contributed by atoms with Gasteiger partial charge in [0.2, 0.25) is 0 Å². The number of benzene rings is 2. The van der Waals surface area contributed by atoms with E-state index >= 15 is 0 Å². The maximum Gasteiger partial charge on any atom is 0.345 e. The molecule has 0 saturated heterocycles. The van der Waals surface area contributed by atoms with Gasteiger partial charge in [0, 0.05) is 11.1 Å². The number of aromatic nitrogens is 2. The number of halogens is 1. The van der Waals surface area contributed by atoms with Crippen LogP contribution in [0.25, 0.3) is 10.9 Å². The number of esters is 1. The molecule has 2 heterocycles. The summed E-state index contributed by atoms with van der Waals surface area (Å²) in [7, 11) is 0. The number of nitro benzene ring substituents is 1. The summed E-state index contributed by atoms with van der Waals surface area (Å²) in [5.41, 5.74) is -0.878. The molecule has 0 amide bonds. The number of hydrogen-bond acceptors (Lipinski definition) is 8.